The Kier molecular flexibility index (Phi) is 3.41. The molecule has 0 saturated carbocycles. The summed E-state index contributed by atoms with van der Waals surface area (Å²) in [5.41, 5.74) is 13.9. The SMILES string of the molecule is COc1cc(-c2cc(N)nnc2N)c(OC)cc1C. The number of aryl methyl sites for hydroxylation is 1. The van der Waals surface area contributed by atoms with E-state index < -0.39 is 0 Å². The van der Waals surface area contributed by atoms with Crippen molar-refractivity contribution in [1.82, 2.24) is 10.2 Å². The van der Waals surface area contributed by atoms with Gasteiger partial charge in [0.25, 0.3) is 0 Å². The molecule has 0 bridgehead atoms. The number of benzene rings is 1. The molecule has 2 rings (SSSR count). The summed E-state index contributed by atoms with van der Waals surface area (Å²) in [6, 6.07) is 5.39. The third-order valence-electron chi connectivity index (χ3n) is 2.85. The van der Waals surface area contributed by atoms with Gasteiger partial charge in [-0.05, 0) is 30.7 Å². The summed E-state index contributed by atoms with van der Waals surface area (Å²) < 4.78 is 10.7. The second kappa shape index (κ2) is 5.01. The molecule has 100 valence electrons. The van der Waals surface area contributed by atoms with Crippen molar-refractivity contribution in [1.29, 1.82) is 0 Å². The second-order valence-corrected chi connectivity index (χ2v) is 4.09. The first kappa shape index (κ1) is 12.9. The van der Waals surface area contributed by atoms with E-state index in [1.807, 2.05) is 19.1 Å². The zero-order chi connectivity index (χ0) is 14.0. The monoisotopic (exact) mass is 260 g/mol. The van der Waals surface area contributed by atoms with E-state index in [-0.39, 0.29) is 0 Å². The van der Waals surface area contributed by atoms with E-state index in [9.17, 15) is 0 Å². The molecule has 1 heterocycles. The number of hydrogen-bond donors (Lipinski definition) is 2. The van der Waals surface area contributed by atoms with Gasteiger partial charge >= 0.3 is 0 Å². The van der Waals surface area contributed by atoms with Crippen molar-refractivity contribution in [3.8, 4) is 22.6 Å². The van der Waals surface area contributed by atoms with E-state index in [4.69, 9.17) is 20.9 Å². The fourth-order valence-corrected chi connectivity index (χ4v) is 1.89. The van der Waals surface area contributed by atoms with Gasteiger partial charge in [-0.15, -0.1) is 10.2 Å². The van der Waals surface area contributed by atoms with E-state index in [0.29, 0.717) is 22.9 Å². The van der Waals surface area contributed by atoms with Crippen LogP contribution < -0.4 is 20.9 Å². The molecule has 0 unspecified atom stereocenters. The maximum absolute atomic E-state index is 5.85. The largest absolute Gasteiger partial charge is 0.496 e. The smallest absolute Gasteiger partial charge is 0.154 e. The molecule has 6 heteroatoms. The van der Waals surface area contributed by atoms with Gasteiger partial charge in [0.05, 0.1) is 14.2 Å². The van der Waals surface area contributed by atoms with Crippen LogP contribution in [0.25, 0.3) is 11.1 Å². The fraction of sp³-hybridized carbons (Fsp3) is 0.231. The van der Waals surface area contributed by atoms with E-state index in [1.54, 1.807) is 20.3 Å². The van der Waals surface area contributed by atoms with Crippen molar-refractivity contribution < 1.29 is 9.47 Å². The Hall–Kier alpha value is -2.50. The van der Waals surface area contributed by atoms with Gasteiger partial charge in [-0.1, -0.05) is 0 Å². The minimum Gasteiger partial charge on any atom is -0.496 e. The number of anilines is 2. The van der Waals surface area contributed by atoms with E-state index in [2.05, 4.69) is 10.2 Å². The third kappa shape index (κ3) is 2.37. The van der Waals surface area contributed by atoms with Gasteiger partial charge in [0, 0.05) is 11.1 Å². The minimum atomic E-state index is 0.290. The Morgan fingerprint density at radius 2 is 1.58 bits per heavy atom. The van der Waals surface area contributed by atoms with Crippen LogP contribution in [0.2, 0.25) is 0 Å². The van der Waals surface area contributed by atoms with Crippen LogP contribution in [0.1, 0.15) is 5.56 Å². The van der Waals surface area contributed by atoms with Crippen molar-refractivity contribution in [2.45, 2.75) is 6.92 Å². The lowest BCUT2D eigenvalue weighted by molar-refractivity contribution is 0.402. The quantitative estimate of drug-likeness (QED) is 0.870. The summed E-state index contributed by atoms with van der Waals surface area (Å²) in [5, 5.41) is 7.53. The summed E-state index contributed by atoms with van der Waals surface area (Å²) in [7, 11) is 3.21. The lowest BCUT2D eigenvalue weighted by Gasteiger charge is -2.14. The molecule has 0 aliphatic carbocycles. The number of ether oxygens (including phenoxy) is 2. The highest BCUT2D eigenvalue weighted by atomic mass is 16.5. The molecule has 0 radical (unpaired) electrons. The van der Waals surface area contributed by atoms with Crippen molar-refractivity contribution in [3.63, 3.8) is 0 Å². The van der Waals surface area contributed by atoms with E-state index in [0.717, 1.165) is 16.9 Å². The molecule has 6 nitrogen and oxygen atoms in total. The Labute approximate surface area is 111 Å². The van der Waals surface area contributed by atoms with Crippen molar-refractivity contribution in [3.05, 3.63) is 23.8 Å². The average molecular weight is 260 g/mol. The molecular formula is C13H16N4O2. The number of nitrogen functional groups attached to an aromatic ring is 2. The second-order valence-electron chi connectivity index (χ2n) is 4.09. The number of nitrogens with zero attached hydrogens (tertiary/aromatic N) is 2. The first-order valence-corrected chi connectivity index (χ1v) is 5.68. The summed E-state index contributed by atoms with van der Waals surface area (Å²) >= 11 is 0. The lowest BCUT2D eigenvalue weighted by Crippen LogP contribution is -2.02. The van der Waals surface area contributed by atoms with Gasteiger partial charge in [-0.2, -0.15) is 0 Å². The lowest BCUT2D eigenvalue weighted by atomic mass is 10.0. The fourth-order valence-electron chi connectivity index (χ4n) is 1.89. The molecule has 19 heavy (non-hydrogen) atoms. The highest BCUT2D eigenvalue weighted by molar-refractivity contribution is 5.81. The van der Waals surface area contributed by atoms with Gasteiger partial charge in [-0.25, -0.2) is 0 Å². The summed E-state index contributed by atoms with van der Waals surface area (Å²) in [5.74, 6) is 2.01. The first-order valence-electron chi connectivity index (χ1n) is 5.68. The molecule has 0 atom stereocenters. The number of hydrogen-bond acceptors (Lipinski definition) is 6. The molecule has 0 aliphatic rings. The van der Waals surface area contributed by atoms with Gasteiger partial charge in [0.2, 0.25) is 0 Å². The van der Waals surface area contributed by atoms with E-state index >= 15 is 0 Å². The Bertz CT molecular complexity index is 614. The molecule has 0 aliphatic heterocycles. The van der Waals surface area contributed by atoms with E-state index in [1.165, 1.54) is 0 Å². The van der Waals surface area contributed by atoms with Gasteiger partial charge in [0.15, 0.2) is 5.82 Å². The van der Waals surface area contributed by atoms with Crippen LogP contribution in [0.4, 0.5) is 11.6 Å². The molecule has 0 amide bonds. The normalized spacial score (nSPS) is 10.3. The molecule has 0 spiro atoms. The summed E-state index contributed by atoms with van der Waals surface area (Å²) in [6.45, 7) is 1.94. The first-order chi connectivity index (χ1) is 9.06. The standard InChI is InChI=1S/C13H16N4O2/c1-7-4-11(19-3)8(5-10(7)18-2)9-6-12(14)16-17-13(9)15/h4-6H,1-3H3,(H2,14,16)(H2,15,17). The maximum Gasteiger partial charge on any atom is 0.154 e. The predicted octanol–water partition coefficient (Wildman–Crippen LogP) is 1.63. The van der Waals surface area contributed by atoms with Gasteiger partial charge < -0.3 is 20.9 Å². The van der Waals surface area contributed by atoms with Crippen molar-refractivity contribution >= 4 is 11.6 Å². The molecule has 4 N–H and O–H groups in total. The highest BCUT2D eigenvalue weighted by Gasteiger charge is 2.14. The van der Waals surface area contributed by atoms with Crippen LogP contribution in [0.3, 0.4) is 0 Å². The van der Waals surface area contributed by atoms with Crippen molar-refractivity contribution in [2.24, 2.45) is 0 Å². The molecule has 2 aromatic rings. The molecule has 1 aromatic heterocycles. The van der Waals surface area contributed by atoms with Crippen molar-refractivity contribution in [2.75, 3.05) is 25.7 Å². The van der Waals surface area contributed by atoms with Crippen LogP contribution in [-0.4, -0.2) is 24.4 Å². The maximum atomic E-state index is 5.85. The number of aromatic nitrogens is 2. The Balaban J connectivity index is 2.69. The number of nitrogens with two attached hydrogens (primary N) is 2. The summed E-state index contributed by atoms with van der Waals surface area (Å²) in [4.78, 5) is 0. The van der Waals surface area contributed by atoms with Gasteiger partial charge in [-0.3, -0.25) is 0 Å². The number of methoxy groups -OCH3 is 2. The third-order valence-corrected chi connectivity index (χ3v) is 2.85. The van der Waals surface area contributed by atoms with Crippen LogP contribution in [0, 0.1) is 6.92 Å². The molecule has 0 saturated heterocycles. The predicted molar refractivity (Wildman–Crippen MR) is 74.1 cm³/mol. The molecule has 1 aromatic carbocycles. The van der Waals surface area contributed by atoms with Crippen LogP contribution >= 0.6 is 0 Å². The van der Waals surface area contributed by atoms with Gasteiger partial charge in [0.1, 0.15) is 17.3 Å². The summed E-state index contributed by atoms with van der Waals surface area (Å²) in [6.07, 6.45) is 0. The number of rotatable bonds is 3. The molecular weight excluding hydrogens is 244 g/mol. The average Bonchev–Trinajstić information content (AvgIpc) is 2.41. The van der Waals surface area contributed by atoms with Crippen LogP contribution in [-0.2, 0) is 0 Å². The topological polar surface area (TPSA) is 96.3 Å². The zero-order valence-electron chi connectivity index (χ0n) is 11.1. The highest BCUT2D eigenvalue weighted by Crippen LogP contribution is 2.38. The zero-order valence-corrected chi connectivity index (χ0v) is 11.1. The Morgan fingerprint density at radius 3 is 2.21 bits per heavy atom. The molecule has 0 fully saturated rings. The Morgan fingerprint density at radius 1 is 0.895 bits per heavy atom. The van der Waals surface area contributed by atoms with Crippen LogP contribution in [0.15, 0.2) is 18.2 Å². The van der Waals surface area contributed by atoms with Crippen LogP contribution in [0.5, 0.6) is 11.5 Å². The minimum absolute atomic E-state index is 0.290.